The summed E-state index contributed by atoms with van der Waals surface area (Å²) < 4.78 is 5.39. The molecule has 0 fully saturated rings. The summed E-state index contributed by atoms with van der Waals surface area (Å²) in [5.74, 6) is 1.27. The van der Waals surface area contributed by atoms with Crippen molar-refractivity contribution in [3.63, 3.8) is 0 Å². The highest BCUT2D eigenvalue weighted by Crippen LogP contribution is 2.26. The van der Waals surface area contributed by atoms with Gasteiger partial charge in [-0.05, 0) is 25.0 Å². The van der Waals surface area contributed by atoms with E-state index < -0.39 is 0 Å². The molecule has 0 aliphatic rings. The predicted molar refractivity (Wildman–Crippen MR) is 90.3 cm³/mol. The molecule has 0 unspecified atom stereocenters. The van der Waals surface area contributed by atoms with Gasteiger partial charge in [0.15, 0.2) is 10.8 Å². The molecule has 0 aliphatic heterocycles. The van der Waals surface area contributed by atoms with Gasteiger partial charge in [0.25, 0.3) is 0 Å². The molecule has 0 atom stereocenters. The highest BCUT2D eigenvalue weighted by atomic mass is 32.1. The average molecular weight is 329 g/mol. The highest BCUT2D eigenvalue weighted by molar-refractivity contribution is 7.18. The number of anilines is 1. The first-order chi connectivity index (χ1) is 11.3. The molecule has 0 saturated heterocycles. The quantitative estimate of drug-likeness (QED) is 0.703. The van der Waals surface area contributed by atoms with Gasteiger partial charge in [-0.3, -0.25) is 4.98 Å². The van der Waals surface area contributed by atoms with Crippen molar-refractivity contribution >= 4 is 16.5 Å². The van der Waals surface area contributed by atoms with Gasteiger partial charge < -0.3 is 9.84 Å². The van der Waals surface area contributed by atoms with Gasteiger partial charge in [-0.2, -0.15) is 0 Å². The van der Waals surface area contributed by atoms with E-state index in [0.717, 1.165) is 40.1 Å². The Morgan fingerprint density at radius 2 is 2.09 bits per heavy atom. The second kappa shape index (κ2) is 7.32. The minimum Gasteiger partial charge on any atom is -0.359 e. The minimum absolute atomic E-state index is 0.463. The summed E-state index contributed by atoms with van der Waals surface area (Å²) in [6.07, 6.45) is 3.89. The Morgan fingerprint density at radius 1 is 1.22 bits per heavy atom. The van der Waals surface area contributed by atoms with Crippen LogP contribution in [0, 0.1) is 0 Å². The lowest BCUT2D eigenvalue weighted by molar-refractivity contribution is 0.375. The summed E-state index contributed by atoms with van der Waals surface area (Å²) in [5, 5.41) is 17.2. The van der Waals surface area contributed by atoms with Gasteiger partial charge in [-0.15, -0.1) is 10.2 Å². The van der Waals surface area contributed by atoms with Crippen LogP contribution < -0.4 is 5.32 Å². The van der Waals surface area contributed by atoms with Crippen LogP contribution in [0.1, 0.15) is 44.1 Å². The molecule has 6 nitrogen and oxygen atoms in total. The molecule has 0 bridgehead atoms. The zero-order chi connectivity index (χ0) is 16.1. The summed E-state index contributed by atoms with van der Waals surface area (Å²) in [6, 6.07) is 7.75. The normalized spacial score (nSPS) is 11.1. The van der Waals surface area contributed by atoms with Crippen molar-refractivity contribution in [2.24, 2.45) is 0 Å². The van der Waals surface area contributed by atoms with Crippen molar-refractivity contribution in [3.8, 4) is 10.7 Å². The molecule has 0 saturated carbocycles. The van der Waals surface area contributed by atoms with Crippen LogP contribution in [-0.2, 0) is 6.54 Å². The van der Waals surface area contributed by atoms with Gasteiger partial charge in [0.2, 0.25) is 5.13 Å². The first-order valence-corrected chi connectivity index (χ1v) is 8.56. The molecule has 0 spiro atoms. The maximum atomic E-state index is 5.39. The van der Waals surface area contributed by atoms with Crippen molar-refractivity contribution in [2.45, 2.75) is 39.2 Å². The number of hydrogen-bond donors (Lipinski definition) is 1. The highest BCUT2D eigenvalue weighted by Gasteiger charge is 2.13. The number of nitrogens with one attached hydrogen (secondary N) is 1. The zero-order valence-corrected chi connectivity index (χ0v) is 14.0. The Balaban J connectivity index is 1.62. The van der Waals surface area contributed by atoms with E-state index in [1.807, 2.05) is 24.3 Å². The first-order valence-electron chi connectivity index (χ1n) is 7.74. The van der Waals surface area contributed by atoms with Crippen molar-refractivity contribution in [1.29, 1.82) is 0 Å². The third-order valence-corrected chi connectivity index (χ3v) is 4.61. The molecule has 3 rings (SSSR count). The molecule has 3 aromatic rings. The topological polar surface area (TPSA) is 76.7 Å². The molecule has 0 amide bonds. The van der Waals surface area contributed by atoms with Crippen LogP contribution in [0.25, 0.3) is 10.7 Å². The Kier molecular flexibility index (Phi) is 4.97. The Hall–Kier alpha value is -2.28. The number of rotatable bonds is 7. The van der Waals surface area contributed by atoms with Crippen LogP contribution in [0.2, 0.25) is 0 Å². The van der Waals surface area contributed by atoms with Crippen molar-refractivity contribution in [2.75, 3.05) is 5.32 Å². The van der Waals surface area contributed by atoms with Crippen molar-refractivity contribution < 1.29 is 4.52 Å². The lowest BCUT2D eigenvalue weighted by Crippen LogP contribution is -1.98. The number of nitrogens with zero attached hydrogens (tertiary/aromatic N) is 4. The average Bonchev–Trinajstić information content (AvgIpc) is 3.24. The first kappa shape index (κ1) is 15.6. The largest absolute Gasteiger partial charge is 0.359 e. The van der Waals surface area contributed by atoms with E-state index >= 15 is 0 Å². The third-order valence-electron chi connectivity index (χ3n) is 3.70. The second-order valence-electron chi connectivity index (χ2n) is 5.21. The molecule has 3 heterocycles. The predicted octanol–water partition coefficient (Wildman–Crippen LogP) is 4.10. The standard InChI is InChI=1S/C16H19N5OS/c1-3-11(4-2)14-9-12(22-21-14)10-18-16-20-19-15(23-16)13-7-5-6-8-17-13/h5-9,11H,3-4,10H2,1-2H3,(H,18,20). The smallest absolute Gasteiger partial charge is 0.206 e. The molecule has 120 valence electrons. The van der Waals surface area contributed by atoms with E-state index in [9.17, 15) is 0 Å². The molecule has 7 heteroatoms. The van der Waals surface area contributed by atoms with Crippen LogP contribution in [0.5, 0.6) is 0 Å². The summed E-state index contributed by atoms with van der Waals surface area (Å²) in [7, 11) is 0. The Bertz CT molecular complexity index is 736. The fourth-order valence-corrected chi connectivity index (χ4v) is 3.08. The fourth-order valence-electron chi connectivity index (χ4n) is 2.36. The van der Waals surface area contributed by atoms with Gasteiger partial charge in [-0.1, -0.05) is 36.4 Å². The maximum absolute atomic E-state index is 5.39. The number of hydrogen-bond acceptors (Lipinski definition) is 7. The van der Waals surface area contributed by atoms with E-state index in [0.29, 0.717) is 12.5 Å². The molecule has 1 N–H and O–H groups in total. The molecule has 0 radical (unpaired) electrons. The van der Waals surface area contributed by atoms with Crippen molar-refractivity contribution in [3.05, 3.63) is 41.9 Å². The van der Waals surface area contributed by atoms with Gasteiger partial charge in [-0.25, -0.2) is 0 Å². The Labute approximate surface area is 139 Å². The van der Waals surface area contributed by atoms with Gasteiger partial charge >= 0.3 is 0 Å². The zero-order valence-electron chi connectivity index (χ0n) is 13.2. The van der Waals surface area contributed by atoms with Crippen LogP contribution in [0.4, 0.5) is 5.13 Å². The van der Waals surface area contributed by atoms with Gasteiger partial charge in [0, 0.05) is 18.2 Å². The van der Waals surface area contributed by atoms with Crippen molar-refractivity contribution in [1.82, 2.24) is 20.3 Å². The molecular formula is C16H19N5OS. The molecule has 23 heavy (non-hydrogen) atoms. The van der Waals surface area contributed by atoms with E-state index in [1.54, 1.807) is 6.20 Å². The second-order valence-corrected chi connectivity index (χ2v) is 6.19. The summed E-state index contributed by atoms with van der Waals surface area (Å²) >= 11 is 1.47. The minimum atomic E-state index is 0.463. The van der Waals surface area contributed by atoms with E-state index in [1.165, 1.54) is 11.3 Å². The number of pyridine rings is 1. The van der Waals surface area contributed by atoms with E-state index in [4.69, 9.17) is 4.52 Å². The van der Waals surface area contributed by atoms with Gasteiger partial charge in [0.1, 0.15) is 5.69 Å². The molecular weight excluding hydrogens is 310 g/mol. The van der Waals surface area contributed by atoms with Crippen LogP contribution >= 0.6 is 11.3 Å². The molecule has 0 aromatic carbocycles. The lowest BCUT2D eigenvalue weighted by atomic mass is 9.99. The molecule has 3 aromatic heterocycles. The number of aromatic nitrogens is 4. The summed E-state index contributed by atoms with van der Waals surface area (Å²) in [4.78, 5) is 4.27. The monoisotopic (exact) mass is 329 g/mol. The van der Waals surface area contributed by atoms with Crippen LogP contribution in [0.15, 0.2) is 35.0 Å². The lowest BCUT2D eigenvalue weighted by Gasteiger charge is -2.05. The third kappa shape index (κ3) is 3.73. The fraction of sp³-hybridized carbons (Fsp3) is 0.375. The van der Waals surface area contributed by atoms with E-state index in [-0.39, 0.29) is 0 Å². The summed E-state index contributed by atoms with van der Waals surface area (Å²) in [5.41, 5.74) is 1.85. The SMILES string of the molecule is CCC(CC)c1cc(CNc2nnc(-c3ccccn3)s2)on1. The van der Waals surface area contributed by atoms with Crippen LogP contribution in [0.3, 0.4) is 0 Å². The maximum Gasteiger partial charge on any atom is 0.206 e. The molecule has 0 aliphatic carbocycles. The van der Waals surface area contributed by atoms with Crippen LogP contribution in [-0.4, -0.2) is 20.3 Å². The van der Waals surface area contributed by atoms with E-state index in [2.05, 4.69) is 39.5 Å². The summed E-state index contributed by atoms with van der Waals surface area (Å²) in [6.45, 7) is 4.88. The van der Waals surface area contributed by atoms with Gasteiger partial charge in [0.05, 0.1) is 12.2 Å². The Morgan fingerprint density at radius 3 is 2.83 bits per heavy atom.